The lowest BCUT2D eigenvalue weighted by Gasteiger charge is -2.47. The zero-order chi connectivity index (χ0) is 19.4. The number of H-pyrrole nitrogens is 1. The second-order valence-electron chi connectivity index (χ2n) is 8.68. The van der Waals surface area contributed by atoms with Gasteiger partial charge in [-0.25, -0.2) is 4.79 Å². The number of carbonyl (C=O) groups is 3. The van der Waals surface area contributed by atoms with Crippen LogP contribution in [0.5, 0.6) is 0 Å². The minimum Gasteiger partial charge on any atom is -0.480 e. The maximum absolute atomic E-state index is 13.0. The van der Waals surface area contributed by atoms with Gasteiger partial charge in [-0.1, -0.05) is 25.2 Å². The zero-order valence-electron chi connectivity index (χ0n) is 15.1. The highest BCUT2D eigenvalue weighted by Crippen LogP contribution is 2.68. The van der Waals surface area contributed by atoms with E-state index in [1.54, 1.807) is 11.8 Å². The molecule has 2 N–H and O–H groups in total. The number of nitrogens with zero attached hydrogens (tertiary/aromatic N) is 1. The summed E-state index contributed by atoms with van der Waals surface area (Å²) in [5.41, 5.74) is -0.255. The van der Waals surface area contributed by atoms with Crippen LogP contribution >= 0.6 is 23.1 Å². The molecule has 2 aliphatic carbocycles. The molecule has 7 atom stereocenters. The molecule has 2 bridgehead atoms. The monoisotopic (exact) mass is 408 g/mol. The molecule has 7 nitrogen and oxygen atoms in total. The first kappa shape index (κ1) is 17.5. The number of amides is 2. The second-order valence-corrected chi connectivity index (χ2v) is 10.8. The average Bonchev–Trinajstić information content (AvgIpc) is 3.29. The molecule has 0 unspecified atom stereocenters. The molecule has 1 aromatic rings. The summed E-state index contributed by atoms with van der Waals surface area (Å²) in [4.78, 5) is 54.2. The second kappa shape index (κ2) is 5.26. The Kier molecular flexibility index (Phi) is 3.40. The Hall–Kier alpha value is -1.61. The van der Waals surface area contributed by atoms with Crippen LogP contribution in [0.25, 0.3) is 0 Å². The molecule has 9 heteroatoms. The van der Waals surface area contributed by atoms with Gasteiger partial charge in [0.15, 0.2) is 0 Å². The van der Waals surface area contributed by atoms with Gasteiger partial charge < -0.3 is 10.1 Å². The lowest BCUT2D eigenvalue weighted by molar-refractivity contribution is -0.154. The first-order valence-electron chi connectivity index (χ1n) is 9.14. The number of carbonyl (C=O) groups excluding carboxylic acids is 2. The average molecular weight is 409 g/mol. The summed E-state index contributed by atoms with van der Waals surface area (Å²) >= 11 is 2.88. The number of likely N-dealkylation sites (tertiary alicyclic amines) is 1. The number of thiazole rings is 1. The molecule has 2 aliphatic heterocycles. The lowest BCUT2D eigenvalue weighted by Crippen LogP contribution is -2.48. The van der Waals surface area contributed by atoms with E-state index in [1.807, 2.05) is 0 Å². The molecule has 2 amide bonds. The highest BCUT2D eigenvalue weighted by Gasteiger charge is 2.71. The minimum atomic E-state index is -1.16. The number of aliphatic carboxylic acids is 1. The number of nitrogens with one attached hydrogen (secondary N) is 1. The van der Waals surface area contributed by atoms with Gasteiger partial charge in [0.2, 0.25) is 11.8 Å². The molecule has 27 heavy (non-hydrogen) atoms. The molecule has 0 aromatic carbocycles. The Morgan fingerprint density at radius 3 is 2.48 bits per heavy atom. The largest absolute Gasteiger partial charge is 0.480 e. The van der Waals surface area contributed by atoms with Crippen molar-refractivity contribution in [2.24, 2.45) is 29.6 Å². The summed E-state index contributed by atoms with van der Waals surface area (Å²) < 4.78 is 0. The van der Waals surface area contributed by atoms with Crippen LogP contribution in [0.4, 0.5) is 0 Å². The van der Waals surface area contributed by atoms with E-state index >= 15 is 0 Å². The van der Waals surface area contributed by atoms with E-state index in [2.05, 4.69) is 18.8 Å². The summed E-state index contributed by atoms with van der Waals surface area (Å²) in [6.45, 7) is 5.65. The van der Waals surface area contributed by atoms with Gasteiger partial charge in [-0.3, -0.25) is 19.3 Å². The maximum Gasteiger partial charge on any atom is 0.326 e. The maximum atomic E-state index is 13.0. The first-order chi connectivity index (χ1) is 12.6. The Labute approximate surface area is 163 Å². The van der Waals surface area contributed by atoms with Crippen molar-refractivity contribution < 1.29 is 19.5 Å². The van der Waals surface area contributed by atoms with Crippen molar-refractivity contribution in [3.05, 3.63) is 14.5 Å². The van der Waals surface area contributed by atoms with Gasteiger partial charge in [0.05, 0.1) is 16.9 Å². The molecular formula is C18H20N2O5S2. The number of aromatic nitrogens is 1. The van der Waals surface area contributed by atoms with Gasteiger partial charge in [-0.2, -0.15) is 0 Å². The minimum absolute atomic E-state index is 0.0493. The number of hydrogen-bond donors (Lipinski definition) is 2. The quantitative estimate of drug-likeness (QED) is 0.719. The molecule has 3 fully saturated rings. The molecule has 5 rings (SSSR count). The topological polar surface area (TPSA) is 108 Å². The van der Waals surface area contributed by atoms with Gasteiger partial charge >= 0.3 is 10.8 Å². The highest BCUT2D eigenvalue weighted by molar-refractivity contribution is 8.00. The summed E-state index contributed by atoms with van der Waals surface area (Å²) in [5, 5.41) is 10.4. The summed E-state index contributed by atoms with van der Waals surface area (Å²) in [6, 6.07) is -1.13. The number of aromatic amines is 1. The molecule has 0 spiro atoms. The van der Waals surface area contributed by atoms with Crippen LogP contribution in [0.3, 0.4) is 0 Å². The van der Waals surface area contributed by atoms with Crippen LogP contribution in [-0.4, -0.2) is 44.1 Å². The van der Waals surface area contributed by atoms with E-state index in [4.69, 9.17) is 0 Å². The third-order valence-electron chi connectivity index (χ3n) is 7.17. The Morgan fingerprint density at radius 2 is 1.85 bits per heavy atom. The van der Waals surface area contributed by atoms with Gasteiger partial charge in [0.25, 0.3) is 0 Å². The number of carboxylic acid groups (broad SMARTS) is 1. The molecular weight excluding hydrogens is 388 g/mol. The SMILES string of the molecule is C[C@H](C(=O)O)N1C(=O)[C@@H]2[C@H]3C[C@@H]([C@@H]2C1=O)[C@@H]1[C@@H]3Sc2[nH]c(=O)sc2C1(C)C. The van der Waals surface area contributed by atoms with Crippen LogP contribution in [0.2, 0.25) is 0 Å². The van der Waals surface area contributed by atoms with Crippen molar-refractivity contribution in [3.8, 4) is 0 Å². The fourth-order valence-corrected chi connectivity index (χ4v) is 9.32. The van der Waals surface area contributed by atoms with E-state index < -0.39 is 23.8 Å². The Balaban J connectivity index is 1.57. The van der Waals surface area contributed by atoms with E-state index in [1.165, 1.54) is 18.3 Å². The summed E-state index contributed by atoms with van der Waals surface area (Å²) in [6.07, 6.45) is 0.826. The van der Waals surface area contributed by atoms with Crippen molar-refractivity contribution in [2.75, 3.05) is 0 Å². The van der Waals surface area contributed by atoms with Gasteiger partial charge in [-0.15, -0.1) is 11.8 Å². The van der Waals surface area contributed by atoms with Gasteiger partial charge in [0, 0.05) is 15.5 Å². The van der Waals surface area contributed by atoms with Gasteiger partial charge in [-0.05, 0) is 31.1 Å². The molecule has 1 saturated heterocycles. The molecule has 0 radical (unpaired) electrons. The van der Waals surface area contributed by atoms with Crippen molar-refractivity contribution in [3.63, 3.8) is 0 Å². The number of fused-ring (bicyclic) bond motifs is 9. The fourth-order valence-electron chi connectivity index (χ4n) is 6.17. The Bertz CT molecular complexity index is 950. The van der Waals surface area contributed by atoms with E-state index in [0.29, 0.717) is 0 Å². The first-order valence-corrected chi connectivity index (χ1v) is 10.8. The van der Waals surface area contributed by atoms with Crippen LogP contribution in [-0.2, 0) is 19.8 Å². The smallest absolute Gasteiger partial charge is 0.326 e. The summed E-state index contributed by atoms with van der Waals surface area (Å²) in [5.74, 6) is -2.33. The Morgan fingerprint density at radius 1 is 1.22 bits per heavy atom. The lowest BCUT2D eigenvalue weighted by atomic mass is 9.64. The van der Waals surface area contributed by atoms with E-state index in [-0.39, 0.29) is 45.1 Å². The summed E-state index contributed by atoms with van der Waals surface area (Å²) in [7, 11) is 0. The predicted molar refractivity (Wildman–Crippen MR) is 98.6 cm³/mol. The predicted octanol–water partition coefficient (Wildman–Crippen LogP) is 1.53. The van der Waals surface area contributed by atoms with Crippen LogP contribution < -0.4 is 4.87 Å². The van der Waals surface area contributed by atoms with Crippen LogP contribution in [0.1, 0.15) is 32.1 Å². The molecule has 3 heterocycles. The number of imide groups is 1. The van der Waals surface area contributed by atoms with Crippen molar-refractivity contribution in [1.29, 1.82) is 0 Å². The highest BCUT2D eigenvalue weighted by atomic mass is 32.2. The van der Waals surface area contributed by atoms with Crippen molar-refractivity contribution >= 4 is 40.9 Å². The number of hydrogen-bond acceptors (Lipinski definition) is 6. The third-order valence-corrected chi connectivity index (χ3v) is 9.98. The van der Waals surface area contributed by atoms with Gasteiger partial charge in [0.1, 0.15) is 6.04 Å². The zero-order valence-corrected chi connectivity index (χ0v) is 16.7. The standard InChI is InChI=1S/C18H20N2O5S2/c1-5(16(23)24)20-14(21)8-6-4-7(9(8)15(20)22)11-10(6)18(2,3)12-13(26-11)19-17(25)27-12/h5-11H,4H2,1-3H3,(H,19,25)(H,23,24)/t5-,6+,7-,8+,9-,10-,11-/m1/s1. The molecule has 144 valence electrons. The normalized spacial score (nSPS) is 39.3. The van der Waals surface area contributed by atoms with Crippen molar-refractivity contribution in [1.82, 2.24) is 9.88 Å². The molecule has 2 saturated carbocycles. The van der Waals surface area contributed by atoms with Crippen LogP contribution in [0, 0.1) is 29.6 Å². The number of thioether (sulfide) groups is 1. The fraction of sp³-hybridized carbons (Fsp3) is 0.667. The number of carboxylic acids is 1. The number of rotatable bonds is 2. The van der Waals surface area contributed by atoms with E-state index in [9.17, 15) is 24.3 Å². The third kappa shape index (κ3) is 1.99. The van der Waals surface area contributed by atoms with E-state index in [0.717, 1.165) is 21.2 Å². The molecule has 1 aromatic heterocycles. The van der Waals surface area contributed by atoms with Crippen LogP contribution in [0.15, 0.2) is 9.82 Å². The molecule has 4 aliphatic rings. The van der Waals surface area contributed by atoms with Crippen molar-refractivity contribution in [2.45, 2.75) is 48.9 Å².